The molecule has 1 spiro atoms. The number of anilines is 1. The lowest BCUT2D eigenvalue weighted by atomic mass is 9.86. The van der Waals surface area contributed by atoms with Crippen molar-refractivity contribution in [2.24, 2.45) is 0 Å². The van der Waals surface area contributed by atoms with Crippen LogP contribution in [0, 0.1) is 11.6 Å². The summed E-state index contributed by atoms with van der Waals surface area (Å²) >= 11 is 0. The summed E-state index contributed by atoms with van der Waals surface area (Å²) in [5, 5.41) is 7.69. The second kappa shape index (κ2) is 7.93. The minimum absolute atomic E-state index is 0.0836. The Morgan fingerprint density at radius 2 is 1.84 bits per heavy atom. The highest BCUT2D eigenvalue weighted by Gasteiger charge is 2.52. The van der Waals surface area contributed by atoms with Gasteiger partial charge in [0.15, 0.2) is 11.6 Å². The van der Waals surface area contributed by atoms with E-state index in [1.807, 2.05) is 4.90 Å². The van der Waals surface area contributed by atoms with Crippen molar-refractivity contribution in [2.45, 2.75) is 42.9 Å². The van der Waals surface area contributed by atoms with Gasteiger partial charge in [0.25, 0.3) is 0 Å². The van der Waals surface area contributed by atoms with Crippen molar-refractivity contribution in [1.29, 1.82) is 0 Å². The van der Waals surface area contributed by atoms with E-state index in [4.69, 9.17) is 18.6 Å². The van der Waals surface area contributed by atoms with Crippen LogP contribution >= 0.6 is 0 Å². The lowest BCUT2D eigenvalue weighted by Crippen LogP contribution is -2.62. The highest BCUT2D eigenvalue weighted by Crippen LogP contribution is 2.41. The predicted octanol–water partition coefficient (Wildman–Crippen LogP) is 2.35. The summed E-state index contributed by atoms with van der Waals surface area (Å²) in [6, 6.07) is 3.42. The second-order valence-corrected chi connectivity index (χ2v) is 9.32. The lowest BCUT2D eigenvalue weighted by molar-refractivity contribution is -0.0803. The summed E-state index contributed by atoms with van der Waals surface area (Å²) in [6.07, 6.45) is 3.98. The van der Waals surface area contributed by atoms with Crippen LogP contribution in [0.4, 0.5) is 14.8 Å². The summed E-state index contributed by atoms with van der Waals surface area (Å²) in [5.41, 5.74) is 0.630. The van der Waals surface area contributed by atoms with Gasteiger partial charge >= 0.3 is 6.01 Å². The first-order valence-corrected chi connectivity index (χ1v) is 11.2. The predicted molar refractivity (Wildman–Crippen MR) is 109 cm³/mol. The molecule has 1 aromatic heterocycles. The summed E-state index contributed by atoms with van der Waals surface area (Å²) in [6.45, 7) is 5.02. The van der Waals surface area contributed by atoms with Crippen molar-refractivity contribution >= 4 is 6.01 Å². The molecule has 8 nitrogen and oxygen atoms in total. The van der Waals surface area contributed by atoms with Gasteiger partial charge in [-0.3, -0.25) is 4.90 Å². The van der Waals surface area contributed by atoms with Gasteiger partial charge in [0.2, 0.25) is 6.39 Å². The van der Waals surface area contributed by atoms with Crippen molar-refractivity contribution in [3.63, 3.8) is 0 Å². The molecule has 4 saturated heterocycles. The zero-order valence-corrected chi connectivity index (χ0v) is 17.7. The number of aromatic nitrogens is 2. The summed E-state index contributed by atoms with van der Waals surface area (Å²) < 4.78 is 50.4. The van der Waals surface area contributed by atoms with Crippen LogP contribution in [0.15, 0.2) is 22.9 Å². The Bertz CT molecular complexity index is 957. The van der Waals surface area contributed by atoms with Gasteiger partial charge in [0.05, 0.1) is 32.9 Å². The number of nitrogens with zero attached hydrogens (tertiary/aromatic N) is 4. The van der Waals surface area contributed by atoms with Crippen LogP contribution in [-0.4, -0.2) is 78.8 Å². The van der Waals surface area contributed by atoms with Gasteiger partial charge in [-0.2, -0.15) is 0 Å². The third kappa shape index (κ3) is 3.64. The molecule has 32 heavy (non-hydrogen) atoms. The van der Waals surface area contributed by atoms with Crippen molar-refractivity contribution in [1.82, 2.24) is 15.1 Å². The molecule has 0 bridgehead atoms. The Morgan fingerprint density at radius 3 is 2.53 bits per heavy atom. The Hall–Kier alpha value is -2.30. The topological polar surface area (TPSA) is 73.1 Å². The molecule has 2 aromatic rings. The Morgan fingerprint density at radius 1 is 1.06 bits per heavy atom. The van der Waals surface area contributed by atoms with Crippen LogP contribution in [0.2, 0.25) is 0 Å². The molecule has 4 fully saturated rings. The molecular weight excluding hydrogens is 422 g/mol. The minimum Gasteiger partial charge on any atom is -0.485 e. The summed E-state index contributed by atoms with van der Waals surface area (Å²) in [5.74, 6) is -1.09. The van der Waals surface area contributed by atoms with Crippen LogP contribution in [0.3, 0.4) is 0 Å². The van der Waals surface area contributed by atoms with E-state index in [1.54, 1.807) is 0 Å². The minimum atomic E-state index is -0.870. The number of rotatable bonds is 5. The van der Waals surface area contributed by atoms with Crippen LogP contribution in [0.25, 0.3) is 0 Å². The fourth-order valence-electron chi connectivity index (χ4n) is 5.37. The maximum Gasteiger partial charge on any atom is 0.318 e. The van der Waals surface area contributed by atoms with E-state index in [-0.39, 0.29) is 17.6 Å². The van der Waals surface area contributed by atoms with E-state index >= 15 is 0 Å². The van der Waals surface area contributed by atoms with Crippen LogP contribution < -0.4 is 9.64 Å². The molecule has 0 aliphatic carbocycles. The second-order valence-electron chi connectivity index (χ2n) is 9.32. The van der Waals surface area contributed by atoms with Gasteiger partial charge in [-0.05, 0) is 44.3 Å². The van der Waals surface area contributed by atoms with Gasteiger partial charge in [0, 0.05) is 17.7 Å². The molecular formula is C22H26F2N4O4. The number of ether oxygens (including phenoxy) is 3. The smallest absolute Gasteiger partial charge is 0.318 e. The number of halogens is 2. The number of benzene rings is 1. The van der Waals surface area contributed by atoms with Crippen molar-refractivity contribution in [2.75, 3.05) is 50.9 Å². The van der Waals surface area contributed by atoms with Crippen molar-refractivity contribution in [3.05, 3.63) is 35.7 Å². The normalized spacial score (nSPS) is 26.3. The Labute approximate surface area is 184 Å². The monoisotopic (exact) mass is 448 g/mol. The van der Waals surface area contributed by atoms with Gasteiger partial charge in [0.1, 0.15) is 17.5 Å². The van der Waals surface area contributed by atoms with Gasteiger partial charge in [-0.1, -0.05) is 5.10 Å². The van der Waals surface area contributed by atoms with Crippen molar-refractivity contribution < 1.29 is 27.4 Å². The van der Waals surface area contributed by atoms with E-state index in [0.717, 1.165) is 51.0 Å². The summed E-state index contributed by atoms with van der Waals surface area (Å²) in [4.78, 5) is 4.51. The first-order valence-electron chi connectivity index (χ1n) is 11.2. The van der Waals surface area contributed by atoms with Crippen molar-refractivity contribution in [3.8, 4) is 5.75 Å². The average molecular weight is 448 g/mol. The van der Waals surface area contributed by atoms with E-state index in [9.17, 15) is 8.78 Å². The van der Waals surface area contributed by atoms with E-state index < -0.39 is 11.6 Å². The molecule has 4 aliphatic rings. The van der Waals surface area contributed by atoms with Crippen LogP contribution in [0.5, 0.6) is 5.75 Å². The third-order valence-corrected chi connectivity index (χ3v) is 7.21. The number of hydrogen-bond donors (Lipinski definition) is 0. The molecule has 6 rings (SSSR count). The SMILES string of the molecule is Fc1cc(OC2COC2)c(C2CCN(C3COC4(C3)CN(c3nnco3)C4)CC2)cc1F. The van der Waals surface area contributed by atoms with E-state index in [2.05, 4.69) is 15.1 Å². The number of piperidine rings is 1. The molecule has 1 aromatic carbocycles. The van der Waals surface area contributed by atoms with E-state index in [0.29, 0.717) is 37.6 Å². The van der Waals surface area contributed by atoms with Gasteiger partial charge < -0.3 is 23.5 Å². The standard InChI is InChI=1S/C22H26F2N4O4/c23-18-5-17(20(6-19(18)24)32-16-9-29-10-16)14-1-3-27(4-2-14)15-7-22(31-8-15)11-28(12-22)21-26-25-13-30-21/h5-6,13-16H,1-4,7-12H2. The molecule has 1 unspecified atom stereocenters. The zero-order chi connectivity index (χ0) is 21.7. The first-order chi connectivity index (χ1) is 15.6. The molecule has 1 atom stereocenters. The number of hydrogen-bond acceptors (Lipinski definition) is 8. The molecule has 0 N–H and O–H groups in total. The molecule has 172 valence electrons. The Balaban J connectivity index is 1.07. The lowest BCUT2D eigenvalue weighted by Gasteiger charge is -2.46. The van der Waals surface area contributed by atoms with Crippen LogP contribution in [0.1, 0.15) is 30.7 Å². The largest absolute Gasteiger partial charge is 0.485 e. The average Bonchev–Trinajstić information content (AvgIpc) is 3.42. The fraction of sp³-hybridized carbons (Fsp3) is 0.636. The molecule has 0 radical (unpaired) electrons. The maximum atomic E-state index is 14.0. The quantitative estimate of drug-likeness (QED) is 0.690. The fourth-order valence-corrected chi connectivity index (χ4v) is 5.37. The van der Waals surface area contributed by atoms with Gasteiger partial charge in [-0.25, -0.2) is 8.78 Å². The molecule has 0 saturated carbocycles. The maximum absolute atomic E-state index is 14.0. The zero-order valence-electron chi connectivity index (χ0n) is 17.7. The summed E-state index contributed by atoms with van der Waals surface area (Å²) in [7, 11) is 0. The van der Waals surface area contributed by atoms with Gasteiger partial charge in [-0.15, -0.1) is 5.10 Å². The molecule has 4 aliphatic heterocycles. The highest BCUT2D eigenvalue weighted by atomic mass is 19.2. The molecule has 10 heteroatoms. The van der Waals surface area contributed by atoms with E-state index in [1.165, 1.54) is 18.5 Å². The third-order valence-electron chi connectivity index (χ3n) is 7.21. The number of likely N-dealkylation sites (tertiary alicyclic amines) is 1. The Kier molecular flexibility index (Phi) is 5.03. The first kappa shape index (κ1) is 20.3. The molecule has 5 heterocycles. The molecule has 0 amide bonds. The van der Waals surface area contributed by atoms with Crippen LogP contribution in [-0.2, 0) is 9.47 Å². The highest BCUT2D eigenvalue weighted by molar-refractivity contribution is 5.38.